The summed E-state index contributed by atoms with van der Waals surface area (Å²) >= 11 is 0. The number of benzene rings is 2. The van der Waals surface area contributed by atoms with Gasteiger partial charge in [-0.1, -0.05) is 24.3 Å². The number of carbonyl (C=O) groups excluding carboxylic acids is 2. The van der Waals surface area contributed by atoms with Crippen LogP contribution in [0.25, 0.3) is 0 Å². The number of amides is 2. The molecule has 2 aromatic rings. The van der Waals surface area contributed by atoms with Gasteiger partial charge in [0.15, 0.2) is 11.5 Å². The number of ether oxygens (including phenoxy) is 2. The number of hydrogen-bond acceptors (Lipinski definition) is 4. The Kier molecular flexibility index (Phi) is 6.30. The van der Waals surface area contributed by atoms with Gasteiger partial charge in [0.2, 0.25) is 11.8 Å². The fraction of sp³-hybridized carbons (Fsp3) is 0.333. The highest BCUT2D eigenvalue weighted by Gasteiger charge is 2.13. The van der Waals surface area contributed by atoms with E-state index in [2.05, 4.69) is 29.7 Å². The number of anilines is 1. The van der Waals surface area contributed by atoms with Gasteiger partial charge in [0.25, 0.3) is 0 Å². The summed E-state index contributed by atoms with van der Waals surface area (Å²) < 4.78 is 10.9. The summed E-state index contributed by atoms with van der Waals surface area (Å²) in [7, 11) is 0. The molecule has 0 atom stereocenters. The highest BCUT2D eigenvalue weighted by molar-refractivity contribution is 5.94. The van der Waals surface area contributed by atoms with Crippen LogP contribution in [0.3, 0.4) is 0 Å². The van der Waals surface area contributed by atoms with Gasteiger partial charge in [0.05, 0.1) is 6.54 Å². The quantitative estimate of drug-likeness (QED) is 0.788. The van der Waals surface area contributed by atoms with Crippen LogP contribution in [0.2, 0.25) is 0 Å². The number of carbonyl (C=O) groups is 2. The molecule has 0 spiro atoms. The molecule has 0 radical (unpaired) electrons. The topological polar surface area (TPSA) is 76.7 Å². The minimum absolute atomic E-state index is 0.0579. The molecule has 0 unspecified atom stereocenters. The molecule has 142 valence electrons. The van der Waals surface area contributed by atoms with E-state index in [0.29, 0.717) is 36.8 Å². The van der Waals surface area contributed by atoms with E-state index < -0.39 is 0 Å². The molecule has 6 heteroatoms. The van der Waals surface area contributed by atoms with Gasteiger partial charge in [-0.2, -0.15) is 0 Å². The fourth-order valence-electron chi connectivity index (χ4n) is 2.92. The van der Waals surface area contributed by atoms with E-state index in [-0.39, 0.29) is 18.4 Å². The lowest BCUT2D eigenvalue weighted by Crippen LogP contribution is -2.32. The maximum Gasteiger partial charge on any atom is 0.243 e. The Hall–Kier alpha value is -3.02. The van der Waals surface area contributed by atoms with Gasteiger partial charge in [0, 0.05) is 18.2 Å². The zero-order chi connectivity index (χ0) is 19.1. The predicted octanol–water partition coefficient (Wildman–Crippen LogP) is 2.84. The molecule has 1 aliphatic heterocycles. The van der Waals surface area contributed by atoms with E-state index in [4.69, 9.17) is 9.47 Å². The van der Waals surface area contributed by atoms with Crippen LogP contribution in [-0.2, 0) is 16.0 Å². The highest BCUT2D eigenvalue weighted by atomic mass is 16.6. The summed E-state index contributed by atoms with van der Waals surface area (Å²) in [5, 5.41) is 5.41. The van der Waals surface area contributed by atoms with Crippen molar-refractivity contribution in [1.82, 2.24) is 5.32 Å². The summed E-state index contributed by atoms with van der Waals surface area (Å²) in [4.78, 5) is 24.0. The SMILES string of the molecule is Cc1ccccc1CCCC(=O)NCC(=O)Nc1ccc2c(c1)OCCO2. The first-order valence-corrected chi connectivity index (χ1v) is 9.12. The van der Waals surface area contributed by atoms with Crippen molar-refractivity contribution in [3.8, 4) is 11.5 Å². The van der Waals surface area contributed by atoms with Crippen LogP contribution in [0.15, 0.2) is 42.5 Å². The molecule has 2 aromatic carbocycles. The third-order valence-electron chi connectivity index (χ3n) is 4.38. The number of aryl methyl sites for hydroxylation is 2. The lowest BCUT2D eigenvalue weighted by atomic mass is 10.0. The summed E-state index contributed by atoms with van der Waals surface area (Å²) in [6, 6.07) is 13.4. The Bertz CT molecular complexity index is 820. The summed E-state index contributed by atoms with van der Waals surface area (Å²) in [6.45, 7) is 3.02. The van der Waals surface area contributed by atoms with Gasteiger partial charge in [-0.25, -0.2) is 0 Å². The Labute approximate surface area is 158 Å². The molecule has 1 heterocycles. The molecule has 2 amide bonds. The molecule has 2 N–H and O–H groups in total. The van der Waals surface area contributed by atoms with E-state index >= 15 is 0 Å². The number of rotatable bonds is 7. The smallest absolute Gasteiger partial charge is 0.243 e. The molecule has 1 aliphatic rings. The van der Waals surface area contributed by atoms with Crippen molar-refractivity contribution in [2.75, 3.05) is 25.1 Å². The molecule has 6 nitrogen and oxygen atoms in total. The van der Waals surface area contributed by atoms with E-state index in [1.165, 1.54) is 11.1 Å². The summed E-state index contributed by atoms with van der Waals surface area (Å²) in [6.07, 6.45) is 2.00. The number of fused-ring (bicyclic) bond motifs is 1. The van der Waals surface area contributed by atoms with Gasteiger partial charge in [-0.05, 0) is 43.0 Å². The first kappa shape index (κ1) is 18.8. The second kappa shape index (κ2) is 9.07. The lowest BCUT2D eigenvalue weighted by molar-refractivity contribution is -0.124. The Balaban J connectivity index is 1.38. The maximum absolute atomic E-state index is 12.0. The van der Waals surface area contributed by atoms with Crippen LogP contribution in [-0.4, -0.2) is 31.6 Å². The summed E-state index contributed by atoms with van der Waals surface area (Å²) in [5.41, 5.74) is 3.09. The van der Waals surface area contributed by atoms with Crippen LogP contribution in [0.5, 0.6) is 11.5 Å². The molecule has 0 saturated carbocycles. The van der Waals surface area contributed by atoms with Crippen molar-refractivity contribution >= 4 is 17.5 Å². The first-order valence-electron chi connectivity index (χ1n) is 9.12. The zero-order valence-corrected chi connectivity index (χ0v) is 15.4. The van der Waals surface area contributed by atoms with Gasteiger partial charge in [0.1, 0.15) is 13.2 Å². The van der Waals surface area contributed by atoms with E-state index in [1.807, 2.05) is 12.1 Å². The third kappa shape index (κ3) is 5.48. The number of hydrogen-bond donors (Lipinski definition) is 2. The Morgan fingerprint density at radius 2 is 1.78 bits per heavy atom. The molecular weight excluding hydrogens is 344 g/mol. The van der Waals surface area contributed by atoms with Crippen molar-refractivity contribution in [3.05, 3.63) is 53.6 Å². The minimum atomic E-state index is -0.279. The van der Waals surface area contributed by atoms with Crippen molar-refractivity contribution in [2.24, 2.45) is 0 Å². The van der Waals surface area contributed by atoms with Crippen LogP contribution in [0.4, 0.5) is 5.69 Å². The van der Waals surface area contributed by atoms with Crippen LogP contribution < -0.4 is 20.1 Å². The van der Waals surface area contributed by atoms with E-state index in [9.17, 15) is 9.59 Å². The van der Waals surface area contributed by atoms with Crippen LogP contribution in [0, 0.1) is 6.92 Å². The lowest BCUT2D eigenvalue weighted by Gasteiger charge is -2.19. The molecule has 0 aliphatic carbocycles. The highest BCUT2D eigenvalue weighted by Crippen LogP contribution is 2.32. The fourth-order valence-corrected chi connectivity index (χ4v) is 2.92. The van der Waals surface area contributed by atoms with Crippen molar-refractivity contribution < 1.29 is 19.1 Å². The molecule has 3 rings (SSSR count). The second-order valence-corrected chi connectivity index (χ2v) is 6.46. The van der Waals surface area contributed by atoms with Crippen molar-refractivity contribution in [2.45, 2.75) is 26.2 Å². The third-order valence-corrected chi connectivity index (χ3v) is 4.38. The van der Waals surface area contributed by atoms with Gasteiger partial charge < -0.3 is 20.1 Å². The molecule has 0 fully saturated rings. The molecule has 0 aromatic heterocycles. The van der Waals surface area contributed by atoms with Crippen LogP contribution in [0.1, 0.15) is 24.0 Å². The largest absolute Gasteiger partial charge is 0.486 e. The molecule has 0 saturated heterocycles. The first-order chi connectivity index (χ1) is 13.1. The van der Waals surface area contributed by atoms with Crippen molar-refractivity contribution in [3.63, 3.8) is 0 Å². The van der Waals surface area contributed by atoms with Crippen molar-refractivity contribution in [1.29, 1.82) is 0 Å². The Morgan fingerprint density at radius 1 is 1.00 bits per heavy atom. The average Bonchev–Trinajstić information content (AvgIpc) is 2.68. The van der Waals surface area contributed by atoms with Crippen LogP contribution >= 0.6 is 0 Å². The monoisotopic (exact) mass is 368 g/mol. The van der Waals surface area contributed by atoms with Gasteiger partial charge in [-0.15, -0.1) is 0 Å². The average molecular weight is 368 g/mol. The maximum atomic E-state index is 12.0. The number of nitrogens with one attached hydrogen (secondary N) is 2. The zero-order valence-electron chi connectivity index (χ0n) is 15.4. The van der Waals surface area contributed by atoms with E-state index in [1.54, 1.807) is 18.2 Å². The van der Waals surface area contributed by atoms with Gasteiger partial charge in [-0.3, -0.25) is 9.59 Å². The minimum Gasteiger partial charge on any atom is -0.486 e. The molecular formula is C21H24N2O4. The Morgan fingerprint density at radius 3 is 2.59 bits per heavy atom. The normalized spacial score (nSPS) is 12.3. The van der Waals surface area contributed by atoms with Gasteiger partial charge >= 0.3 is 0 Å². The predicted molar refractivity (Wildman–Crippen MR) is 103 cm³/mol. The summed E-state index contributed by atoms with van der Waals surface area (Å²) in [5.74, 6) is 0.875. The standard InChI is InChI=1S/C21H24N2O4/c1-15-5-2-3-6-16(15)7-4-8-20(24)22-14-21(25)23-17-9-10-18-19(13-17)27-12-11-26-18/h2-3,5-6,9-10,13H,4,7-8,11-12,14H2,1H3,(H,22,24)(H,23,25). The molecule has 27 heavy (non-hydrogen) atoms. The second-order valence-electron chi connectivity index (χ2n) is 6.46. The molecule has 0 bridgehead atoms. The van der Waals surface area contributed by atoms with E-state index in [0.717, 1.165) is 12.8 Å².